The van der Waals surface area contributed by atoms with Gasteiger partial charge < -0.3 is 5.32 Å². The Morgan fingerprint density at radius 3 is 2.90 bits per heavy atom. The van der Waals surface area contributed by atoms with Crippen LogP contribution in [-0.4, -0.2) is 30.1 Å². The molecule has 20 heavy (non-hydrogen) atoms. The molecule has 2 saturated carbocycles. The normalized spacial score (nSPS) is 26.5. The van der Waals surface area contributed by atoms with Crippen molar-refractivity contribution in [1.82, 2.24) is 10.2 Å². The van der Waals surface area contributed by atoms with Crippen LogP contribution in [0.1, 0.15) is 51.0 Å². The van der Waals surface area contributed by atoms with Gasteiger partial charge in [0.05, 0.1) is 0 Å². The predicted octanol–water partition coefficient (Wildman–Crippen LogP) is 3.88. The van der Waals surface area contributed by atoms with Gasteiger partial charge in [-0.15, -0.1) is 0 Å². The molecular weight excluding hydrogens is 264 g/mol. The second-order valence-electron chi connectivity index (χ2n) is 6.54. The molecule has 1 aromatic heterocycles. The average Bonchev–Trinajstić information content (AvgIpc) is 3.00. The largest absolute Gasteiger partial charge is 0.314 e. The Hall–Kier alpha value is -0.380. The number of rotatable bonds is 8. The van der Waals surface area contributed by atoms with Crippen molar-refractivity contribution in [3.63, 3.8) is 0 Å². The minimum Gasteiger partial charge on any atom is -0.314 e. The summed E-state index contributed by atoms with van der Waals surface area (Å²) in [5, 5.41) is 8.31. The molecule has 2 atom stereocenters. The van der Waals surface area contributed by atoms with Gasteiger partial charge >= 0.3 is 0 Å². The molecule has 2 aliphatic carbocycles. The molecule has 0 radical (unpaired) electrons. The lowest BCUT2D eigenvalue weighted by Crippen LogP contribution is -2.40. The van der Waals surface area contributed by atoms with Crippen molar-refractivity contribution in [2.24, 2.45) is 5.92 Å². The van der Waals surface area contributed by atoms with Crippen molar-refractivity contribution in [3.05, 3.63) is 22.4 Å². The highest BCUT2D eigenvalue weighted by Crippen LogP contribution is 2.33. The first kappa shape index (κ1) is 14.6. The Bertz CT molecular complexity index is 386. The van der Waals surface area contributed by atoms with E-state index in [9.17, 15) is 0 Å². The van der Waals surface area contributed by atoms with Gasteiger partial charge in [0.2, 0.25) is 0 Å². The van der Waals surface area contributed by atoms with Gasteiger partial charge in [-0.05, 0) is 67.0 Å². The highest BCUT2D eigenvalue weighted by molar-refractivity contribution is 7.07. The fraction of sp³-hybridized carbons (Fsp3) is 0.765. The number of nitrogens with one attached hydrogen (secondary N) is 1. The first-order valence-corrected chi connectivity index (χ1v) is 9.29. The first-order valence-electron chi connectivity index (χ1n) is 8.35. The van der Waals surface area contributed by atoms with E-state index in [1.165, 1.54) is 63.7 Å². The lowest BCUT2D eigenvalue weighted by Gasteiger charge is -2.29. The third-order valence-corrected chi connectivity index (χ3v) is 5.55. The van der Waals surface area contributed by atoms with E-state index < -0.39 is 0 Å². The van der Waals surface area contributed by atoms with Gasteiger partial charge in [0.25, 0.3) is 0 Å². The van der Waals surface area contributed by atoms with E-state index in [-0.39, 0.29) is 0 Å². The molecule has 2 nitrogen and oxygen atoms in total. The van der Waals surface area contributed by atoms with Crippen molar-refractivity contribution in [3.8, 4) is 0 Å². The molecule has 112 valence electrons. The molecule has 3 rings (SSSR count). The number of hydrogen-bond acceptors (Lipinski definition) is 3. The highest BCUT2D eigenvalue weighted by Gasteiger charge is 2.34. The van der Waals surface area contributed by atoms with Gasteiger partial charge in [-0.1, -0.05) is 13.3 Å². The van der Waals surface area contributed by atoms with Crippen molar-refractivity contribution in [1.29, 1.82) is 0 Å². The summed E-state index contributed by atoms with van der Waals surface area (Å²) in [6.45, 7) is 5.94. The fourth-order valence-electron chi connectivity index (χ4n) is 3.55. The van der Waals surface area contributed by atoms with Crippen molar-refractivity contribution < 1.29 is 0 Å². The standard InChI is InChI=1S/C17H28N2S/c1-2-9-18-17-5-3-4-15(17)12-19(16-6-7-16)11-14-8-10-20-13-14/h8,10,13,15-18H,2-7,9,11-12H2,1H3. The van der Waals surface area contributed by atoms with Crippen molar-refractivity contribution in [2.45, 2.75) is 64.1 Å². The summed E-state index contributed by atoms with van der Waals surface area (Å²) in [6, 6.07) is 3.95. The van der Waals surface area contributed by atoms with Crippen LogP contribution >= 0.6 is 11.3 Å². The zero-order valence-electron chi connectivity index (χ0n) is 12.7. The SMILES string of the molecule is CCCNC1CCCC1CN(Cc1ccsc1)C1CC1. The van der Waals surface area contributed by atoms with Gasteiger partial charge in [-0.25, -0.2) is 0 Å². The molecule has 0 spiro atoms. The lowest BCUT2D eigenvalue weighted by molar-refractivity contribution is 0.197. The highest BCUT2D eigenvalue weighted by atomic mass is 32.1. The van der Waals surface area contributed by atoms with E-state index in [2.05, 4.69) is 34.0 Å². The Morgan fingerprint density at radius 1 is 1.30 bits per heavy atom. The minimum atomic E-state index is 0.777. The van der Waals surface area contributed by atoms with E-state index in [1.807, 2.05) is 11.3 Å². The third-order valence-electron chi connectivity index (χ3n) is 4.81. The van der Waals surface area contributed by atoms with Crippen LogP contribution in [0.15, 0.2) is 16.8 Å². The second-order valence-corrected chi connectivity index (χ2v) is 7.32. The summed E-state index contributed by atoms with van der Waals surface area (Å²) < 4.78 is 0. The topological polar surface area (TPSA) is 15.3 Å². The minimum absolute atomic E-state index is 0.777. The van der Waals surface area contributed by atoms with E-state index in [0.717, 1.165) is 18.0 Å². The summed E-state index contributed by atoms with van der Waals surface area (Å²) in [7, 11) is 0. The van der Waals surface area contributed by atoms with Crippen LogP contribution in [0.2, 0.25) is 0 Å². The van der Waals surface area contributed by atoms with Crippen LogP contribution in [0.25, 0.3) is 0 Å². The molecule has 1 heterocycles. The predicted molar refractivity (Wildman–Crippen MR) is 87.2 cm³/mol. The number of hydrogen-bond donors (Lipinski definition) is 1. The molecular formula is C17H28N2S. The Labute approximate surface area is 127 Å². The van der Waals surface area contributed by atoms with Crippen LogP contribution in [0.3, 0.4) is 0 Å². The summed E-state index contributed by atoms with van der Waals surface area (Å²) in [5.74, 6) is 0.876. The zero-order valence-corrected chi connectivity index (χ0v) is 13.5. The smallest absolute Gasteiger partial charge is 0.0245 e. The van der Waals surface area contributed by atoms with Gasteiger partial charge in [0.1, 0.15) is 0 Å². The Balaban J connectivity index is 1.55. The second kappa shape index (κ2) is 7.06. The van der Waals surface area contributed by atoms with E-state index in [4.69, 9.17) is 0 Å². The molecule has 2 fully saturated rings. The van der Waals surface area contributed by atoms with Gasteiger partial charge in [0.15, 0.2) is 0 Å². The summed E-state index contributed by atoms with van der Waals surface area (Å²) in [5.41, 5.74) is 1.51. The van der Waals surface area contributed by atoms with Crippen LogP contribution in [0.5, 0.6) is 0 Å². The third kappa shape index (κ3) is 3.84. The summed E-state index contributed by atoms with van der Waals surface area (Å²) in [4.78, 5) is 2.76. The van der Waals surface area contributed by atoms with Gasteiger partial charge in [-0.3, -0.25) is 4.90 Å². The summed E-state index contributed by atoms with van der Waals surface area (Å²) >= 11 is 1.83. The van der Waals surface area contributed by atoms with Crippen LogP contribution in [0, 0.1) is 5.92 Å². The molecule has 0 aromatic carbocycles. The van der Waals surface area contributed by atoms with E-state index in [1.54, 1.807) is 0 Å². The monoisotopic (exact) mass is 292 g/mol. The van der Waals surface area contributed by atoms with E-state index >= 15 is 0 Å². The molecule has 1 aromatic rings. The molecule has 0 aliphatic heterocycles. The maximum Gasteiger partial charge on any atom is 0.0245 e. The van der Waals surface area contributed by atoms with Crippen molar-refractivity contribution >= 4 is 11.3 Å². The maximum atomic E-state index is 3.78. The number of thiophene rings is 1. The quantitative estimate of drug-likeness (QED) is 0.782. The van der Waals surface area contributed by atoms with Crippen LogP contribution in [-0.2, 0) is 6.54 Å². The molecule has 1 N–H and O–H groups in total. The average molecular weight is 292 g/mol. The van der Waals surface area contributed by atoms with Crippen LogP contribution in [0.4, 0.5) is 0 Å². The number of nitrogens with zero attached hydrogens (tertiary/aromatic N) is 1. The zero-order chi connectivity index (χ0) is 13.8. The molecule has 2 aliphatic rings. The summed E-state index contributed by atoms with van der Waals surface area (Å²) in [6.07, 6.45) is 8.33. The fourth-order valence-corrected chi connectivity index (χ4v) is 4.21. The van der Waals surface area contributed by atoms with E-state index in [0.29, 0.717) is 0 Å². The Morgan fingerprint density at radius 2 is 2.20 bits per heavy atom. The molecule has 0 bridgehead atoms. The Kier molecular flexibility index (Phi) is 5.14. The molecule has 2 unspecified atom stereocenters. The van der Waals surface area contributed by atoms with Gasteiger partial charge in [0, 0.05) is 25.2 Å². The molecule has 0 amide bonds. The molecule has 0 saturated heterocycles. The maximum absolute atomic E-state index is 3.78. The van der Waals surface area contributed by atoms with Gasteiger partial charge in [-0.2, -0.15) is 11.3 Å². The van der Waals surface area contributed by atoms with Crippen molar-refractivity contribution in [2.75, 3.05) is 13.1 Å². The first-order chi connectivity index (χ1) is 9.86. The molecule has 3 heteroatoms. The van der Waals surface area contributed by atoms with Crippen LogP contribution < -0.4 is 5.32 Å². The lowest BCUT2D eigenvalue weighted by atomic mass is 10.0.